The predicted molar refractivity (Wildman–Crippen MR) is 79.5 cm³/mol. The van der Waals surface area contributed by atoms with Crippen molar-refractivity contribution in [2.24, 2.45) is 0 Å². The molecular weight excluding hydrogens is 390 g/mol. The number of hydrogen-bond acceptors (Lipinski definition) is 3. The molecule has 0 bridgehead atoms. The lowest BCUT2D eigenvalue weighted by atomic mass is 10.0. The SMILES string of the molecule is Cc1cc(S(=O)(=O)NC(C)(C)C(C)Br)sc1Br. The average Bonchev–Trinajstić information content (AvgIpc) is 2.45. The van der Waals surface area contributed by atoms with Gasteiger partial charge < -0.3 is 0 Å². The van der Waals surface area contributed by atoms with Gasteiger partial charge in [0.1, 0.15) is 4.21 Å². The Morgan fingerprint density at radius 1 is 1.47 bits per heavy atom. The third kappa shape index (κ3) is 3.76. The molecule has 1 rings (SSSR count). The van der Waals surface area contributed by atoms with Crippen molar-refractivity contribution in [3.8, 4) is 0 Å². The largest absolute Gasteiger partial charge is 0.250 e. The molecule has 0 spiro atoms. The van der Waals surface area contributed by atoms with Gasteiger partial charge >= 0.3 is 0 Å². The summed E-state index contributed by atoms with van der Waals surface area (Å²) < 4.78 is 28.2. The summed E-state index contributed by atoms with van der Waals surface area (Å²) in [6.07, 6.45) is 0. The number of alkyl halides is 1. The topological polar surface area (TPSA) is 46.2 Å². The van der Waals surface area contributed by atoms with Gasteiger partial charge in [-0.1, -0.05) is 22.9 Å². The molecule has 0 saturated heterocycles. The van der Waals surface area contributed by atoms with Gasteiger partial charge in [0, 0.05) is 10.4 Å². The minimum absolute atomic E-state index is 0.0364. The first-order valence-electron chi connectivity index (χ1n) is 5.00. The van der Waals surface area contributed by atoms with E-state index in [9.17, 15) is 8.42 Å². The molecule has 0 amide bonds. The van der Waals surface area contributed by atoms with Crippen LogP contribution in [-0.4, -0.2) is 18.8 Å². The van der Waals surface area contributed by atoms with Crippen LogP contribution in [0.1, 0.15) is 26.3 Å². The van der Waals surface area contributed by atoms with Crippen molar-refractivity contribution in [3.05, 3.63) is 15.4 Å². The molecule has 0 radical (unpaired) electrons. The molecule has 0 aliphatic carbocycles. The minimum Gasteiger partial charge on any atom is -0.206 e. The van der Waals surface area contributed by atoms with Crippen LogP contribution in [0.3, 0.4) is 0 Å². The van der Waals surface area contributed by atoms with Crippen LogP contribution in [0.2, 0.25) is 0 Å². The van der Waals surface area contributed by atoms with Crippen LogP contribution in [-0.2, 0) is 10.0 Å². The van der Waals surface area contributed by atoms with Crippen LogP contribution in [0.4, 0.5) is 0 Å². The molecule has 7 heteroatoms. The van der Waals surface area contributed by atoms with Crippen molar-refractivity contribution in [2.45, 2.75) is 42.3 Å². The number of halogens is 2. The second-order valence-corrected chi connectivity index (χ2v) is 10.1. The molecule has 3 nitrogen and oxygen atoms in total. The molecule has 0 aromatic carbocycles. The van der Waals surface area contributed by atoms with E-state index in [1.165, 1.54) is 11.3 Å². The third-order valence-electron chi connectivity index (χ3n) is 2.49. The van der Waals surface area contributed by atoms with E-state index < -0.39 is 15.6 Å². The van der Waals surface area contributed by atoms with Gasteiger partial charge in [0.2, 0.25) is 0 Å². The van der Waals surface area contributed by atoms with Crippen molar-refractivity contribution in [1.82, 2.24) is 4.72 Å². The van der Waals surface area contributed by atoms with Gasteiger partial charge in [-0.25, -0.2) is 13.1 Å². The highest BCUT2D eigenvalue weighted by molar-refractivity contribution is 9.11. The van der Waals surface area contributed by atoms with Gasteiger partial charge in [0.15, 0.2) is 0 Å². The van der Waals surface area contributed by atoms with Crippen molar-refractivity contribution < 1.29 is 8.42 Å². The summed E-state index contributed by atoms with van der Waals surface area (Å²) >= 11 is 7.97. The molecule has 0 fully saturated rings. The van der Waals surface area contributed by atoms with Gasteiger partial charge in [0.05, 0.1) is 3.79 Å². The summed E-state index contributed by atoms with van der Waals surface area (Å²) in [5.74, 6) is 0. The lowest BCUT2D eigenvalue weighted by Crippen LogP contribution is -2.48. The highest BCUT2D eigenvalue weighted by atomic mass is 79.9. The van der Waals surface area contributed by atoms with Gasteiger partial charge in [0.25, 0.3) is 10.0 Å². The molecule has 1 aromatic rings. The smallest absolute Gasteiger partial charge is 0.206 e. The predicted octanol–water partition coefficient (Wildman–Crippen LogP) is 3.66. The van der Waals surface area contributed by atoms with Crippen molar-refractivity contribution >= 4 is 53.2 Å². The first kappa shape index (κ1) is 15.6. The van der Waals surface area contributed by atoms with Crippen molar-refractivity contribution in [2.75, 3.05) is 0 Å². The lowest BCUT2D eigenvalue weighted by molar-refractivity contribution is 0.454. The zero-order valence-corrected chi connectivity index (χ0v) is 14.8. The van der Waals surface area contributed by atoms with Gasteiger partial charge in [-0.05, 0) is 48.3 Å². The highest BCUT2D eigenvalue weighted by Gasteiger charge is 2.31. The summed E-state index contributed by atoms with van der Waals surface area (Å²) in [5, 5.41) is 0. The number of thiophene rings is 1. The molecule has 17 heavy (non-hydrogen) atoms. The Labute approximate surface area is 123 Å². The Balaban J connectivity index is 3.05. The number of aryl methyl sites for hydroxylation is 1. The van der Waals surface area contributed by atoms with Crippen LogP contribution in [0.25, 0.3) is 0 Å². The number of sulfonamides is 1. The summed E-state index contributed by atoms with van der Waals surface area (Å²) in [5.41, 5.74) is 0.392. The van der Waals surface area contributed by atoms with Crippen LogP contribution >= 0.6 is 43.2 Å². The molecule has 1 aromatic heterocycles. The van der Waals surface area contributed by atoms with E-state index in [-0.39, 0.29) is 4.83 Å². The van der Waals surface area contributed by atoms with E-state index >= 15 is 0 Å². The van der Waals surface area contributed by atoms with Crippen molar-refractivity contribution in [3.63, 3.8) is 0 Å². The van der Waals surface area contributed by atoms with Crippen molar-refractivity contribution in [1.29, 1.82) is 0 Å². The van der Waals surface area contributed by atoms with E-state index in [2.05, 4.69) is 36.6 Å². The van der Waals surface area contributed by atoms with Gasteiger partial charge in [-0.2, -0.15) is 0 Å². The monoisotopic (exact) mass is 403 g/mol. The Kier molecular flexibility index (Phi) is 4.86. The maximum Gasteiger partial charge on any atom is 0.250 e. The molecule has 1 N–H and O–H groups in total. The van der Waals surface area contributed by atoms with Crippen LogP contribution in [0.15, 0.2) is 14.1 Å². The number of rotatable bonds is 4. The Morgan fingerprint density at radius 3 is 2.35 bits per heavy atom. The number of hydrogen-bond donors (Lipinski definition) is 1. The quantitative estimate of drug-likeness (QED) is 0.778. The standard InChI is InChI=1S/C10H15Br2NO2S2/c1-6-5-8(16-9(6)12)17(14,15)13-10(3,4)7(2)11/h5,7,13H,1-4H3. The fourth-order valence-electron chi connectivity index (χ4n) is 1.04. The maximum absolute atomic E-state index is 12.2. The summed E-state index contributed by atoms with van der Waals surface area (Å²) in [6, 6.07) is 1.67. The maximum atomic E-state index is 12.2. The second-order valence-electron chi connectivity index (χ2n) is 4.47. The first-order valence-corrected chi connectivity index (χ1v) is 9.01. The third-order valence-corrected chi connectivity index (χ3v) is 7.92. The normalized spacial score (nSPS) is 14.9. The zero-order chi connectivity index (χ0) is 13.4. The lowest BCUT2D eigenvalue weighted by Gasteiger charge is -2.28. The molecule has 0 saturated carbocycles. The average molecular weight is 405 g/mol. The fourth-order valence-corrected chi connectivity index (χ4v) is 5.02. The van der Waals surface area contributed by atoms with Crippen LogP contribution < -0.4 is 4.72 Å². The molecule has 1 atom stereocenters. The van der Waals surface area contributed by atoms with Crippen LogP contribution in [0, 0.1) is 6.92 Å². The molecular formula is C10H15Br2NO2S2. The fraction of sp³-hybridized carbons (Fsp3) is 0.600. The van der Waals surface area contributed by atoms with Gasteiger partial charge in [-0.15, -0.1) is 11.3 Å². The molecule has 98 valence electrons. The molecule has 1 heterocycles. The second kappa shape index (κ2) is 5.28. The zero-order valence-electron chi connectivity index (χ0n) is 10.0. The summed E-state index contributed by atoms with van der Waals surface area (Å²) in [6.45, 7) is 7.48. The molecule has 0 aliphatic heterocycles. The van der Waals surface area contributed by atoms with Gasteiger partial charge in [-0.3, -0.25) is 0 Å². The Morgan fingerprint density at radius 2 is 2.00 bits per heavy atom. The van der Waals surface area contributed by atoms with E-state index in [0.29, 0.717) is 4.21 Å². The Bertz CT molecular complexity index is 487. The summed E-state index contributed by atoms with van der Waals surface area (Å²) in [4.78, 5) is 0.0364. The Hall–Kier alpha value is 0.570. The highest BCUT2D eigenvalue weighted by Crippen LogP contribution is 2.31. The molecule has 0 aliphatic rings. The van der Waals surface area contributed by atoms with E-state index in [1.807, 2.05) is 27.7 Å². The minimum atomic E-state index is -3.46. The van der Waals surface area contributed by atoms with E-state index in [0.717, 1.165) is 9.35 Å². The first-order chi connectivity index (χ1) is 7.56. The molecule has 1 unspecified atom stereocenters. The van der Waals surface area contributed by atoms with E-state index in [1.54, 1.807) is 6.07 Å². The number of nitrogens with one attached hydrogen (secondary N) is 1. The van der Waals surface area contributed by atoms with Crippen LogP contribution in [0.5, 0.6) is 0 Å². The summed E-state index contributed by atoms with van der Waals surface area (Å²) in [7, 11) is -3.46. The van der Waals surface area contributed by atoms with E-state index in [4.69, 9.17) is 0 Å².